The van der Waals surface area contributed by atoms with Crippen molar-refractivity contribution in [2.45, 2.75) is 25.4 Å². The molecule has 1 unspecified atom stereocenters. The molecule has 0 saturated carbocycles. The molecular formula is C10H13BrClNO2S2. The van der Waals surface area contributed by atoms with E-state index in [9.17, 15) is 8.42 Å². The van der Waals surface area contributed by atoms with E-state index < -0.39 is 9.84 Å². The Morgan fingerprint density at radius 2 is 2.35 bits per heavy atom. The second-order valence-electron chi connectivity index (χ2n) is 4.59. The molecule has 1 aliphatic rings. The Balaban J connectivity index is 1.99. The van der Waals surface area contributed by atoms with Gasteiger partial charge in [0, 0.05) is 21.4 Å². The molecule has 0 bridgehead atoms. The van der Waals surface area contributed by atoms with Crippen molar-refractivity contribution < 1.29 is 8.42 Å². The third kappa shape index (κ3) is 3.44. The van der Waals surface area contributed by atoms with Crippen LogP contribution in [0.15, 0.2) is 10.5 Å². The van der Waals surface area contributed by atoms with Gasteiger partial charge in [-0.1, -0.05) is 11.6 Å². The van der Waals surface area contributed by atoms with Crippen molar-refractivity contribution in [2.75, 3.05) is 11.5 Å². The maximum Gasteiger partial charge on any atom is 0.152 e. The van der Waals surface area contributed by atoms with Crippen LogP contribution in [-0.4, -0.2) is 25.5 Å². The van der Waals surface area contributed by atoms with E-state index in [-0.39, 0.29) is 17.0 Å². The van der Waals surface area contributed by atoms with Gasteiger partial charge in [0.05, 0.1) is 11.5 Å². The second-order valence-corrected chi connectivity index (χ2v) is 9.37. The zero-order valence-electron chi connectivity index (χ0n) is 9.29. The van der Waals surface area contributed by atoms with Gasteiger partial charge >= 0.3 is 0 Å². The van der Waals surface area contributed by atoms with Gasteiger partial charge in [-0.05, 0) is 35.3 Å². The third-order valence-corrected chi connectivity index (χ3v) is 7.27. The standard InChI is InChI=1S/C10H13BrClNO2S2/c1-10(2-3-17(14,15)6-10)13-5-7-4-8(11)9(12)16-7/h4,13H,2-3,5-6H2,1H3. The number of thiophene rings is 1. The summed E-state index contributed by atoms with van der Waals surface area (Å²) in [5.41, 5.74) is -0.304. The molecule has 2 rings (SSSR count). The summed E-state index contributed by atoms with van der Waals surface area (Å²) in [6, 6.07) is 1.97. The average molecular weight is 359 g/mol. The molecule has 96 valence electrons. The minimum absolute atomic E-state index is 0.222. The lowest BCUT2D eigenvalue weighted by atomic mass is 10.0. The van der Waals surface area contributed by atoms with Crippen LogP contribution in [0, 0.1) is 0 Å². The Morgan fingerprint density at radius 1 is 1.65 bits per heavy atom. The molecule has 1 saturated heterocycles. The summed E-state index contributed by atoms with van der Waals surface area (Å²) in [7, 11) is -2.86. The van der Waals surface area contributed by atoms with E-state index in [1.807, 2.05) is 13.0 Å². The molecule has 0 radical (unpaired) electrons. The van der Waals surface area contributed by atoms with Crippen LogP contribution in [-0.2, 0) is 16.4 Å². The summed E-state index contributed by atoms with van der Waals surface area (Å²) >= 11 is 10.8. The number of nitrogens with one attached hydrogen (secondary N) is 1. The van der Waals surface area contributed by atoms with Gasteiger partial charge < -0.3 is 5.32 Å². The normalized spacial score (nSPS) is 27.5. The van der Waals surface area contributed by atoms with Crippen LogP contribution in [0.4, 0.5) is 0 Å². The smallest absolute Gasteiger partial charge is 0.152 e. The molecule has 7 heteroatoms. The molecule has 2 heterocycles. The highest BCUT2D eigenvalue weighted by molar-refractivity contribution is 9.10. The lowest BCUT2D eigenvalue weighted by Gasteiger charge is -2.23. The van der Waals surface area contributed by atoms with Gasteiger partial charge in [0.2, 0.25) is 0 Å². The van der Waals surface area contributed by atoms with Gasteiger partial charge in [-0.15, -0.1) is 11.3 Å². The zero-order chi connectivity index (χ0) is 12.7. The molecule has 1 N–H and O–H groups in total. The SMILES string of the molecule is CC1(NCc2cc(Br)c(Cl)s2)CCS(=O)(=O)C1. The summed E-state index contributed by atoms with van der Waals surface area (Å²) in [6.07, 6.45) is 0.676. The van der Waals surface area contributed by atoms with Crippen molar-refractivity contribution in [1.82, 2.24) is 5.32 Å². The van der Waals surface area contributed by atoms with Crippen molar-refractivity contribution >= 4 is 48.7 Å². The molecule has 3 nitrogen and oxygen atoms in total. The number of halogens is 2. The summed E-state index contributed by atoms with van der Waals surface area (Å²) in [6.45, 7) is 2.61. The van der Waals surface area contributed by atoms with Crippen LogP contribution in [0.3, 0.4) is 0 Å². The van der Waals surface area contributed by atoms with Crippen LogP contribution in [0.1, 0.15) is 18.2 Å². The molecular weight excluding hydrogens is 346 g/mol. The van der Waals surface area contributed by atoms with E-state index in [0.29, 0.717) is 13.0 Å². The first-order chi connectivity index (χ1) is 7.80. The van der Waals surface area contributed by atoms with Crippen molar-refractivity contribution in [3.05, 3.63) is 19.8 Å². The summed E-state index contributed by atoms with van der Waals surface area (Å²) < 4.78 is 24.5. The minimum Gasteiger partial charge on any atom is -0.306 e. The van der Waals surface area contributed by atoms with E-state index in [4.69, 9.17) is 11.6 Å². The fourth-order valence-electron chi connectivity index (χ4n) is 1.93. The van der Waals surface area contributed by atoms with E-state index in [1.165, 1.54) is 11.3 Å². The molecule has 0 aromatic carbocycles. The molecule has 0 amide bonds. The Bertz CT molecular complexity index is 509. The molecule has 1 aromatic rings. The quantitative estimate of drug-likeness (QED) is 0.904. The van der Waals surface area contributed by atoms with Gasteiger partial charge in [0.25, 0.3) is 0 Å². The topological polar surface area (TPSA) is 46.2 Å². The third-order valence-electron chi connectivity index (χ3n) is 2.89. The van der Waals surface area contributed by atoms with Crippen LogP contribution in [0.5, 0.6) is 0 Å². The average Bonchev–Trinajstić information content (AvgIpc) is 2.66. The van der Waals surface area contributed by atoms with Gasteiger partial charge in [-0.3, -0.25) is 0 Å². The number of hydrogen-bond donors (Lipinski definition) is 1. The minimum atomic E-state index is -2.86. The number of rotatable bonds is 3. The van der Waals surface area contributed by atoms with Crippen molar-refractivity contribution in [3.63, 3.8) is 0 Å². The van der Waals surface area contributed by atoms with Crippen molar-refractivity contribution in [3.8, 4) is 0 Å². The summed E-state index contributed by atoms with van der Waals surface area (Å²) in [5.74, 6) is 0.506. The predicted octanol–water partition coefficient (Wildman–Crippen LogP) is 2.83. The highest BCUT2D eigenvalue weighted by Gasteiger charge is 2.37. The van der Waals surface area contributed by atoms with Gasteiger partial charge in [-0.25, -0.2) is 8.42 Å². The lowest BCUT2D eigenvalue weighted by molar-refractivity contribution is 0.397. The maximum absolute atomic E-state index is 11.4. The highest BCUT2D eigenvalue weighted by Crippen LogP contribution is 2.32. The molecule has 1 fully saturated rings. The van der Waals surface area contributed by atoms with Crippen LogP contribution < -0.4 is 5.32 Å². The fourth-order valence-corrected chi connectivity index (χ4v) is 5.78. The van der Waals surface area contributed by atoms with Gasteiger partial charge in [0.1, 0.15) is 4.34 Å². The zero-order valence-corrected chi connectivity index (χ0v) is 13.3. The van der Waals surface area contributed by atoms with Crippen LogP contribution >= 0.6 is 38.9 Å². The summed E-state index contributed by atoms with van der Waals surface area (Å²) in [5, 5.41) is 3.32. The predicted molar refractivity (Wildman–Crippen MR) is 75.5 cm³/mol. The monoisotopic (exact) mass is 357 g/mol. The van der Waals surface area contributed by atoms with E-state index in [2.05, 4.69) is 21.2 Å². The molecule has 1 aliphatic heterocycles. The second kappa shape index (κ2) is 4.81. The molecule has 17 heavy (non-hydrogen) atoms. The van der Waals surface area contributed by atoms with Crippen molar-refractivity contribution in [1.29, 1.82) is 0 Å². The Morgan fingerprint density at radius 3 is 2.82 bits per heavy atom. The van der Waals surface area contributed by atoms with E-state index in [0.717, 1.165) is 13.7 Å². The van der Waals surface area contributed by atoms with Crippen LogP contribution in [0.25, 0.3) is 0 Å². The molecule has 0 aliphatic carbocycles. The van der Waals surface area contributed by atoms with Crippen LogP contribution in [0.2, 0.25) is 4.34 Å². The number of sulfone groups is 1. The largest absolute Gasteiger partial charge is 0.306 e. The Hall–Kier alpha value is 0.380. The Kier molecular flexibility index (Phi) is 3.91. The van der Waals surface area contributed by atoms with Gasteiger partial charge in [0.15, 0.2) is 9.84 Å². The molecule has 0 spiro atoms. The van der Waals surface area contributed by atoms with Gasteiger partial charge in [-0.2, -0.15) is 0 Å². The van der Waals surface area contributed by atoms with E-state index >= 15 is 0 Å². The van der Waals surface area contributed by atoms with E-state index in [1.54, 1.807) is 0 Å². The Labute approximate surface area is 119 Å². The maximum atomic E-state index is 11.4. The van der Waals surface area contributed by atoms with Crippen molar-refractivity contribution in [2.24, 2.45) is 0 Å². The number of hydrogen-bond acceptors (Lipinski definition) is 4. The fraction of sp³-hybridized carbons (Fsp3) is 0.600. The molecule has 1 atom stereocenters. The first-order valence-electron chi connectivity index (χ1n) is 5.19. The summed E-state index contributed by atoms with van der Waals surface area (Å²) in [4.78, 5) is 1.10. The first kappa shape index (κ1) is 13.8. The lowest BCUT2D eigenvalue weighted by Crippen LogP contribution is -2.42. The highest BCUT2D eigenvalue weighted by atomic mass is 79.9. The first-order valence-corrected chi connectivity index (χ1v) is 9.00. The molecule has 1 aromatic heterocycles.